The van der Waals surface area contributed by atoms with E-state index in [2.05, 4.69) is 37.9 Å². The van der Waals surface area contributed by atoms with Crippen LogP contribution in [0.1, 0.15) is 10.4 Å². The van der Waals surface area contributed by atoms with Gasteiger partial charge in [0.05, 0.1) is 5.56 Å². The van der Waals surface area contributed by atoms with Crippen LogP contribution in [0.2, 0.25) is 0 Å². The maximum absolute atomic E-state index is 11.1. The number of hydrogen-bond donors (Lipinski definition) is 0. The summed E-state index contributed by atoms with van der Waals surface area (Å²) in [6.45, 7) is 0. The number of hydrogen-bond acceptors (Lipinski definition) is 2. The maximum Gasteiger partial charge on any atom is 0.153 e. The van der Waals surface area contributed by atoms with E-state index in [0.717, 1.165) is 26.0 Å². The van der Waals surface area contributed by atoms with Gasteiger partial charge in [0.15, 0.2) is 6.29 Å². The van der Waals surface area contributed by atoms with Crippen LogP contribution < -0.4 is 4.74 Å². The van der Waals surface area contributed by atoms with E-state index in [-0.39, 0.29) is 0 Å². The molecule has 4 heteroatoms. The van der Waals surface area contributed by atoms with E-state index >= 15 is 0 Å². The van der Waals surface area contributed by atoms with Crippen molar-refractivity contribution in [1.29, 1.82) is 0 Å². The fraction of sp³-hybridized carbons (Fsp3) is 0. The average Bonchev–Trinajstić information content (AvgIpc) is 2.48. The van der Waals surface area contributed by atoms with Crippen LogP contribution >= 0.6 is 31.9 Å². The highest BCUT2D eigenvalue weighted by Crippen LogP contribution is 2.30. The van der Waals surface area contributed by atoms with Gasteiger partial charge in [0.2, 0.25) is 0 Å². The lowest BCUT2D eigenvalue weighted by Crippen LogP contribution is -1.90. The van der Waals surface area contributed by atoms with Crippen LogP contribution in [0.15, 0.2) is 63.5 Å². The van der Waals surface area contributed by atoms with Crippen molar-refractivity contribution in [3.05, 3.63) is 69.1 Å². The third kappa shape index (κ3) is 3.17. The van der Waals surface area contributed by atoms with Crippen LogP contribution in [0, 0.1) is 0 Å². The molecule has 0 fully saturated rings. The van der Waals surface area contributed by atoms with Crippen LogP contribution in [-0.4, -0.2) is 6.29 Å². The number of rotatable bonds is 3. The Morgan fingerprint density at radius 2 is 1.48 bits per heavy atom. The molecule has 3 rings (SSSR count). The second kappa shape index (κ2) is 6.00. The van der Waals surface area contributed by atoms with Gasteiger partial charge in [0, 0.05) is 8.95 Å². The lowest BCUT2D eigenvalue weighted by Gasteiger charge is -2.09. The van der Waals surface area contributed by atoms with Crippen molar-refractivity contribution < 1.29 is 9.53 Å². The molecular weight excluding hydrogens is 396 g/mol. The van der Waals surface area contributed by atoms with E-state index < -0.39 is 0 Å². The summed E-state index contributed by atoms with van der Waals surface area (Å²) in [7, 11) is 0. The van der Waals surface area contributed by atoms with Crippen LogP contribution in [-0.2, 0) is 0 Å². The maximum atomic E-state index is 11.1. The fourth-order valence-electron chi connectivity index (χ4n) is 2.08. The molecular formula is C17H10Br2O2. The molecule has 0 radical (unpaired) electrons. The predicted molar refractivity (Wildman–Crippen MR) is 91.3 cm³/mol. The fourth-order valence-corrected chi connectivity index (χ4v) is 2.80. The van der Waals surface area contributed by atoms with E-state index in [1.165, 1.54) is 0 Å². The Labute approximate surface area is 139 Å². The molecule has 0 saturated carbocycles. The molecule has 0 atom stereocenters. The number of carbonyl (C=O) groups excluding carboxylic acids is 1. The summed E-state index contributed by atoms with van der Waals surface area (Å²) < 4.78 is 7.76. The molecule has 21 heavy (non-hydrogen) atoms. The standard InChI is InChI=1S/C17H10Br2O2/c18-14-4-1-12-8-16(6-3-11(12)7-14)21-17-9-15(19)5-2-13(17)10-20/h1-10H. The van der Waals surface area contributed by atoms with Crippen molar-refractivity contribution in [2.75, 3.05) is 0 Å². The summed E-state index contributed by atoms with van der Waals surface area (Å²) in [6, 6.07) is 17.2. The Hall–Kier alpha value is -1.65. The van der Waals surface area contributed by atoms with E-state index in [1.54, 1.807) is 12.1 Å². The van der Waals surface area contributed by atoms with Crippen molar-refractivity contribution >= 4 is 48.9 Å². The minimum Gasteiger partial charge on any atom is -0.457 e. The average molecular weight is 406 g/mol. The van der Waals surface area contributed by atoms with E-state index in [9.17, 15) is 4.79 Å². The van der Waals surface area contributed by atoms with E-state index in [0.29, 0.717) is 17.1 Å². The van der Waals surface area contributed by atoms with Gasteiger partial charge in [-0.15, -0.1) is 0 Å². The summed E-state index contributed by atoms with van der Waals surface area (Å²) in [5.74, 6) is 1.24. The lowest BCUT2D eigenvalue weighted by atomic mass is 10.1. The monoisotopic (exact) mass is 404 g/mol. The smallest absolute Gasteiger partial charge is 0.153 e. The van der Waals surface area contributed by atoms with E-state index in [1.807, 2.05) is 36.4 Å². The zero-order chi connectivity index (χ0) is 14.8. The number of fused-ring (bicyclic) bond motifs is 1. The summed E-state index contributed by atoms with van der Waals surface area (Å²) in [5, 5.41) is 2.21. The van der Waals surface area contributed by atoms with Gasteiger partial charge in [-0.2, -0.15) is 0 Å². The molecule has 3 aromatic carbocycles. The highest BCUT2D eigenvalue weighted by molar-refractivity contribution is 9.10. The number of halogens is 2. The zero-order valence-corrected chi connectivity index (χ0v) is 14.0. The first kappa shape index (κ1) is 14.3. The predicted octanol–water partition coefficient (Wildman–Crippen LogP) is 5.97. The van der Waals surface area contributed by atoms with E-state index in [4.69, 9.17) is 4.74 Å². The van der Waals surface area contributed by atoms with Crippen molar-refractivity contribution in [2.45, 2.75) is 0 Å². The molecule has 0 aliphatic carbocycles. The number of carbonyl (C=O) groups is 1. The zero-order valence-electron chi connectivity index (χ0n) is 10.8. The molecule has 0 saturated heterocycles. The molecule has 2 nitrogen and oxygen atoms in total. The second-order valence-electron chi connectivity index (χ2n) is 4.56. The van der Waals surface area contributed by atoms with Crippen molar-refractivity contribution in [2.24, 2.45) is 0 Å². The van der Waals surface area contributed by atoms with Crippen LogP contribution in [0.4, 0.5) is 0 Å². The van der Waals surface area contributed by atoms with Gasteiger partial charge in [-0.05, 0) is 53.2 Å². The molecule has 0 spiro atoms. The van der Waals surface area contributed by atoms with Crippen LogP contribution in [0.25, 0.3) is 10.8 Å². The first-order valence-electron chi connectivity index (χ1n) is 6.27. The Bertz CT molecular complexity index is 828. The molecule has 0 aliphatic heterocycles. The summed E-state index contributed by atoms with van der Waals surface area (Å²) in [5.41, 5.74) is 0.522. The molecule has 0 bridgehead atoms. The molecule has 3 aromatic rings. The third-order valence-corrected chi connectivity index (χ3v) is 4.09. The Morgan fingerprint density at radius 1 is 0.810 bits per heavy atom. The molecule has 0 amide bonds. The highest BCUT2D eigenvalue weighted by atomic mass is 79.9. The van der Waals surface area contributed by atoms with Gasteiger partial charge < -0.3 is 4.74 Å². The normalized spacial score (nSPS) is 10.6. The van der Waals surface area contributed by atoms with Crippen LogP contribution in [0.5, 0.6) is 11.5 Å². The Balaban J connectivity index is 2.00. The second-order valence-corrected chi connectivity index (χ2v) is 6.39. The van der Waals surface area contributed by atoms with Gasteiger partial charge in [-0.3, -0.25) is 4.79 Å². The SMILES string of the molecule is O=Cc1ccc(Br)cc1Oc1ccc2cc(Br)ccc2c1. The van der Waals surface area contributed by atoms with Crippen LogP contribution in [0.3, 0.4) is 0 Å². The van der Waals surface area contributed by atoms with Gasteiger partial charge in [0.1, 0.15) is 11.5 Å². The molecule has 104 valence electrons. The van der Waals surface area contributed by atoms with Crippen molar-refractivity contribution in [1.82, 2.24) is 0 Å². The Kier molecular flexibility index (Phi) is 4.08. The minimum absolute atomic E-state index is 0.522. The first-order chi connectivity index (χ1) is 10.2. The molecule has 0 N–H and O–H groups in total. The van der Waals surface area contributed by atoms with Crippen molar-refractivity contribution in [3.63, 3.8) is 0 Å². The lowest BCUT2D eigenvalue weighted by molar-refractivity contribution is 0.112. The Morgan fingerprint density at radius 3 is 2.29 bits per heavy atom. The number of ether oxygens (including phenoxy) is 1. The van der Waals surface area contributed by atoms with Crippen molar-refractivity contribution in [3.8, 4) is 11.5 Å². The third-order valence-electron chi connectivity index (χ3n) is 3.10. The van der Waals surface area contributed by atoms with Gasteiger partial charge in [0.25, 0.3) is 0 Å². The largest absolute Gasteiger partial charge is 0.457 e. The van der Waals surface area contributed by atoms with Gasteiger partial charge in [-0.1, -0.05) is 44.0 Å². The van der Waals surface area contributed by atoms with Gasteiger partial charge >= 0.3 is 0 Å². The molecule has 0 aliphatic rings. The molecule has 0 aromatic heterocycles. The molecule has 0 heterocycles. The topological polar surface area (TPSA) is 26.3 Å². The minimum atomic E-state index is 0.522. The summed E-state index contributed by atoms with van der Waals surface area (Å²) >= 11 is 6.84. The molecule has 0 unspecified atom stereocenters. The summed E-state index contributed by atoms with van der Waals surface area (Å²) in [6.07, 6.45) is 0.792. The van der Waals surface area contributed by atoms with Gasteiger partial charge in [-0.25, -0.2) is 0 Å². The number of benzene rings is 3. The first-order valence-corrected chi connectivity index (χ1v) is 7.86. The summed E-state index contributed by atoms with van der Waals surface area (Å²) in [4.78, 5) is 11.1. The quantitative estimate of drug-likeness (QED) is 0.501. The highest BCUT2D eigenvalue weighted by Gasteiger charge is 2.06. The number of aldehydes is 1.